The molecule has 0 aromatic heterocycles. The maximum Gasteiger partial charge on any atom is 0.0731 e. The van der Waals surface area contributed by atoms with Gasteiger partial charge in [0.25, 0.3) is 0 Å². The molecule has 2 nitrogen and oxygen atoms in total. The minimum atomic E-state index is -0.0952. The first-order chi connectivity index (χ1) is 8.22. The van der Waals surface area contributed by atoms with Gasteiger partial charge in [-0.15, -0.1) is 0 Å². The van der Waals surface area contributed by atoms with Gasteiger partial charge in [0.2, 0.25) is 0 Å². The molecule has 17 heavy (non-hydrogen) atoms. The van der Waals surface area contributed by atoms with Crippen molar-refractivity contribution in [2.75, 3.05) is 25.1 Å². The molecule has 0 spiro atoms. The third-order valence-electron chi connectivity index (χ3n) is 4.72. The van der Waals surface area contributed by atoms with Gasteiger partial charge in [0, 0.05) is 24.1 Å². The van der Waals surface area contributed by atoms with Gasteiger partial charge in [0.15, 0.2) is 0 Å². The van der Waals surface area contributed by atoms with E-state index in [1.165, 1.54) is 37.9 Å². The minimum absolute atomic E-state index is 0.0952. The molecule has 4 atom stereocenters. The lowest BCUT2D eigenvalue weighted by atomic mass is 9.76. The second-order valence-electron chi connectivity index (χ2n) is 5.81. The van der Waals surface area contributed by atoms with Gasteiger partial charge >= 0.3 is 0 Å². The lowest BCUT2D eigenvalue weighted by Crippen LogP contribution is -2.50. The highest BCUT2D eigenvalue weighted by Gasteiger charge is 2.34. The summed E-state index contributed by atoms with van der Waals surface area (Å²) in [4.78, 5) is 2.37. The number of aliphatic hydroxyl groups excluding tert-OH is 1. The molecule has 1 aliphatic heterocycles. The number of hydrogen-bond acceptors (Lipinski definition) is 3. The number of likely N-dealkylation sites (N-methyl/N-ethyl adjacent to an activating group) is 1. The summed E-state index contributed by atoms with van der Waals surface area (Å²) in [5, 5.41) is 10.6. The van der Waals surface area contributed by atoms with Gasteiger partial charge in [-0.25, -0.2) is 0 Å². The van der Waals surface area contributed by atoms with Gasteiger partial charge < -0.3 is 5.11 Å². The second-order valence-corrected chi connectivity index (χ2v) is 6.96. The van der Waals surface area contributed by atoms with Crippen LogP contribution in [0.3, 0.4) is 0 Å². The van der Waals surface area contributed by atoms with Gasteiger partial charge in [0.05, 0.1) is 6.10 Å². The smallest absolute Gasteiger partial charge is 0.0731 e. The lowest BCUT2D eigenvalue weighted by molar-refractivity contribution is 0.00754. The quantitative estimate of drug-likeness (QED) is 0.841. The fourth-order valence-electron chi connectivity index (χ4n) is 3.39. The molecule has 1 N–H and O–H groups in total. The highest BCUT2D eigenvalue weighted by Crippen LogP contribution is 2.35. The Labute approximate surface area is 110 Å². The van der Waals surface area contributed by atoms with Crippen molar-refractivity contribution in [3.05, 3.63) is 0 Å². The van der Waals surface area contributed by atoms with E-state index in [-0.39, 0.29) is 6.10 Å². The molecule has 3 heteroatoms. The van der Waals surface area contributed by atoms with Crippen LogP contribution in [0.25, 0.3) is 0 Å². The first-order valence-electron chi connectivity index (χ1n) is 7.18. The average Bonchev–Trinajstić information content (AvgIpc) is 2.38. The standard InChI is InChI=1S/C14H27NOS/c1-3-11-5-4-6-12(9-11)14(16)13-10-17-8-7-15(13)2/h11-14,16H,3-10H2,1-2H3. The molecule has 1 aliphatic carbocycles. The van der Waals surface area contributed by atoms with Crippen molar-refractivity contribution in [2.24, 2.45) is 11.8 Å². The van der Waals surface area contributed by atoms with Crippen molar-refractivity contribution in [3.8, 4) is 0 Å². The van der Waals surface area contributed by atoms with E-state index in [1.807, 2.05) is 11.8 Å². The number of rotatable bonds is 3. The molecule has 0 aromatic rings. The normalized spacial score (nSPS) is 37.9. The summed E-state index contributed by atoms with van der Waals surface area (Å²) < 4.78 is 0. The van der Waals surface area contributed by atoms with Gasteiger partial charge in [-0.3, -0.25) is 4.90 Å². The Morgan fingerprint density at radius 1 is 1.41 bits per heavy atom. The highest BCUT2D eigenvalue weighted by atomic mass is 32.2. The van der Waals surface area contributed by atoms with E-state index in [4.69, 9.17) is 0 Å². The minimum Gasteiger partial charge on any atom is -0.391 e. The molecule has 0 amide bonds. The van der Waals surface area contributed by atoms with Crippen molar-refractivity contribution in [1.82, 2.24) is 4.90 Å². The van der Waals surface area contributed by atoms with Crippen LogP contribution in [0.4, 0.5) is 0 Å². The van der Waals surface area contributed by atoms with Crippen molar-refractivity contribution < 1.29 is 5.11 Å². The van der Waals surface area contributed by atoms with Crippen LogP contribution in [0, 0.1) is 11.8 Å². The summed E-state index contributed by atoms with van der Waals surface area (Å²) in [6.07, 6.45) is 6.40. The Morgan fingerprint density at radius 2 is 2.24 bits per heavy atom. The Hall–Kier alpha value is 0.270. The third-order valence-corrected chi connectivity index (χ3v) is 5.77. The van der Waals surface area contributed by atoms with Crippen LogP contribution in [-0.4, -0.2) is 47.3 Å². The molecule has 4 unspecified atom stereocenters. The van der Waals surface area contributed by atoms with E-state index in [0.29, 0.717) is 12.0 Å². The molecule has 2 fully saturated rings. The molecule has 1 saturated carbocycles. The number of thioether (sulfide) groups is 1. The van der Waals surface area contributed by atoms with Gasteiger partial charge in [-0.05, 0) is 31.7 Å². The van der Waals surface area contributed by atoms with Gasteiger partial charge in [-0.1, -0.05) is 26.2 Å². The second kappa shape index (κ2) is 6.44. The zero-order chi connectivity index (χ0) is 12.3. The summed E-state index contributed by atoms with van der Waals surface area (Å²) in [5.74, 6) is 3.76. The zero-order valence-corrected chi connectivity index (χ0v) is 12.1. The fraction of sp³-hybridized carbons (Fsp3) is 1.00. The topological polar surface area (TPSA) is 23.5 Å². The molecule has 2 aliphatic rings. The van der Waals surface area contributed by atoms with E-state index >= 15 is 0 Å². The monoisotopic (exact) mass is 257 g/mol. The first-order valence-corrected chi connectivity index (χ1v) is 8.34. The predicted molar refractivity (Wildman–Crippen MR) is 75.5 cm³/mol. The summed E-state index contributed by atoms with van der Waals surface area (Å²) in [5.41, 5.74) is 0. The van der Waals surface area contributed by atoms with Crippen LogP contribution in [0.1, 0.15) is 39.0 Å². The number of hydrogen-bond donors (Lipinski definition) is 1. The largest absolute Gasteiger partial charge is 0.391 e. The third kappa shape index (κ3) is 3.39. The van der Waals surface area contributed by atoms with Crippen LogP contribution in [0.15, 0.2) is 0 Å². The van der Waals surface area contributed by atoms with E-state index in [9.17, 15) is 5.11 Å². The number of aliphatic hydroxyl groups is 1. The van der Waals surface area contributed by atoms with E-state index in [2.05, 4.69) is 18.9 Å². The summed E-state index contributed by atoms with van der Waals surface area (Å²) in [7, 11) is 2.17. The van der Waals surface area contributed by atoms with Gasteiger partial charge in [-0.2, -0.15) is 11.8 Å². The molecular formula is C14H27NOS. The Kier molecular flexibility index (Phi) is 5.19. The van der Waals surface area contributed by atoms with Gasteiger partial charge in [0.1, 0.15) is 0 Å². The zero-order valence-electron chi connectivity index (χ0n) is 11.3. The molecule has 1 heterocycles. The van der Waals surface area contributed by atoms with E-state index in [1.54, 1.807) is 0 Å². The average molecular weight is 257 g/mol. The fourth-order valence-corrected chi connectivity index (χ4v) is 4.67. The SMILES string of the molecule is CCC1CCCC(C(O)C2CSCCN2C)C1. The van der Waals surface area contributed by atoms with Crippen LogP contribution in [-0.2, 0) is 0 Å². The summed E-state index contributed by atoms with van der Waals surface area (Å²) >= 11 is 2.00. The number of nitrogens with zero attached hydrogens (tertiary/aromatic N) is 1. The molecule has 100 valence electrons. The maximum atomic E-state index is 10.6. The predicted octanol–water partition coefficient (Wildman–Crippen LogP) is 2.61. The Morgan fingerprint density at radius 3 is 2.94 bits per heavy atom. The lowest BCUT2D eigenvalue weighted by Gasteiger charge is -2.41. The molecule has 1 saturated heterocycles. The van der Waals surface area contributed by atoms with Crippen LogP contribution in [0.2, 0.25) is 0 Å². The van der Waals surface area contributed by atoms with Crippen LogP contribution < -0.4 is 0 Å². The summed E-state index contributed by atoms with van der Waals surface area (Å²) in [6, 6.07) is 0.398. The molecule has 0 aromatic carbocycles. The molecule has 2 rings (SSSR count). The first kappa shape index (κ1) is 13.7. The Balaban J connectivity index is 1.91. The Bertz CT molecular complexity index is 236. The van der Waals surface area contributed by atoms with Crippen LogP contribution >= 0.6 is 11.8 Å². The maximum absolute atomic E-state index is 10.6. The molecular weight excluding hydrogens is 230 g/mol. The van der Waals surface area contributed by atoms with Crippen molar-refractivity contribution in [2.45, 2.75) is 51.2 Å². The highest BCUT2D eigenvalue weighted by molar-refractivity contribution is 7.99. The van der Waals surface area contributed by atoms with Crippen molar-refractivity contribution in [3.63, 3.8) is 0 Å². The summed E-state index contributed by atoms with van der Waals surface area (Å²) in [6.45, 7) is 3.43. The van der Waals surface area contributed by atoms with E-state index < -0.39 is 0 Å². The molecule has 0 radical (unpaired) electrons. The molecule has 0 bridgehead atoms. The van der Waals surface area contributed by atoms with E-state index in [0.717, 1.165) is 18.2 Å². The van der Waals surface area contributed by atoms with Crippen molar-refractivity contribution >= 4 is 11.8 Å². The van der Waals surface area contributed by atoms with Crippen LogP contribution in [0.5, 0.6) is 0 Å². The van der Waals surface area contributed by atoms with Crippen molar-refractivity contribution in [1.29, 1.82) is 0 Å².